The zero-order chi connectivity index (χ0) is 27.9. The minimum absolute atomic E-state index is 0.0665. The average molecular weight is 559 g/mol. The smallest absolute Gasteiger partial charge is 0.337 e. The molecule has 0 atom stereocenters. The Morgan fingerprint density at radius 1 is 0.900 bits per heavy atom. The Kier molecular flexibility index (Phi) is 8.41. The lowest BCUT2D eigenvalue weighted by Gasteiger charge is -2.12. The Morgan fingerprint density at radius 2 is 1.62 bits per heavy atom. The maximum absolute atomic E-state index is 12.1. The first kappa shape index (κ1) is 27.0. The van der Waals surface area contributed by atoms with Gasteiger partial charge in [-0.15, -0.1) is 0 Å². The first-order valence-electron chi connectivity index (χ1n) is 12.8. The molecule has 0 spiro atoms. The van der Waals surface area contributed by atoms with Crippen LogP contribution in [0.1, 0.15) is 34.3 Å². The molecule has 4 aromatic rings. The van der Waals surface area contributed by atoms with Crippen molar-refractivity contribution in [3.63, 3.8) is 0 Å². The van der Waals surface area contributed by atoms with Gasteiger partial charge < -0.3 is 25.2 Å². The van der Waals surface area contributed by atoms with E-state index in [4.69, 9.17) is 21.1 Å². The lowest BCUT2D eigenvalue weighted by atomic mass is 10.1. The monoisotopic (exact) mass is 558 g/mol. The number of carboxylic acids is 1. The number of hydrogen-bond acceptors (Lipinski definition) is 6. The maximum Gasteiger partial charge on any atom is 0.337 e. The van der Waals surface area contributed by atoms with Gasteiger partial charge in [0.15, 0.2) is 5.82 Å². The van der Waals surface area contributed by atoms with Gasteiger partial charge in [0.2, 0.25) is 0 Å². The summed E-state index contributed by atoms with van der Waals surface area (Å²) in [6.07, 6.45) is 5.52. The molecule has 1 aliphatic carbocycles. The number of anilines is 1. The van der Waals surface area contributed by atoms with Crippen molar-refractivity contribution >= 4 is 29.3 Å². The molecule has 1 fully saturated rings. The predicted octanol–water partition coefficient (Wildman–Crippen LogP) is 6.18. The number of benzene rings is 3. The van der Waals surface area contributed by atoms with Crippen molar-refractivity contribution in [1.82, 2.24) is 15.3 Å². The third-order valence-electron chi connectivity index (χ3n) is 6.22. The number of carbonyl (C=O) groups is 2. The number of halogens is 1. The number of amides is 2. The van der Waals surface area contributed by atoms with Crippen LogP contribution in [-0.2, 0) is 13.2 Å². The largest absolute Gasteiger partial charge is 0.489 e. The van der Waals surface area contributed by atoms with E-state index in [9.17, 15) is 14.7 Å². The summed E-state index contributed by atoms with van der Waals surface area (Å²) in [6, 6.07) is 19.1. The van der Waals surface area contributed by atoms with Crippen LogP contribution in [-0.4, -0.2) is 33.6 Å². The molecule has 40 heavy (non-hydrogen) atoms. The topological polar surface area (TPSA) is 123 Å². The van der Waals surface area contributed by atoms with Crippen LogP contribution in [0.2, 0.25) is 5.02 Å². The number of hydrogen-bond donors (Lipinski definition) is 3. The van der Waals surface area contributed by atoms with Crippen LogP contribution >= 0.6 is 11.6 Å². The predicted molar refractivity (Wildman–Crippen MR) is 151 cm³/mol. The van der Waals surface area contributed by atoms with Gasteiger partial charge in [0.25, 0.3) is 0 Å². The highest BCUT2D eigenvalue weighted by Crippen LogP contribution is 2.28. The van der Waals surface area contributed by atoms with Crippen LogP contribution in [0.15, 0.2) is 79.1 Å². The van der Waals surface area contributed by atoms with Crippen molar-refractivity contribution in [3.8, 4) is 22.9 Å². The second-order valence-electron chi connectivity index (χ2n) is 9.44. The summed E-state index contributed by atoms with van der Waals surface area (Å²) in [5, 5.41) is 15.6. The molecule has 1 saturated carbocycles. The van der Waals surface area contributed by atoms with Crippen LogP contribution in [0.25, 0.3) is 11.4 Å². The van der Waals surface area contributed by atoms with Gasteiger partial charge in [0.05, 0.1) is 11.3 Å². The third-order valence-corrected chi connectivity index (χ3v) is 6.45. The van der Waals surface area contributed by atoms with E-state index in [-0.39, 0.29) is 17.9 Å². The summed E-state index contributed by atoms with van der Waals surface area (Å²) in [5.74, 6) is 0.897. The Morgan fingerprint density at radius 3 is 2.35 bits per heavy atom. The summed E-state index contributed by atoms with van der Waals surface area (Å²) >= 11 is 6.04. The molecule has 0 unspecified atom stereocenters. The summed E-state index contributed by atoms with van der Waals surface area (Å²) in [5.41, 5.74) is 2.60. The van der Waals surface area contributed by atoms with Gasteiger partial charge in [0, 0.05) is 35.1 Å². The molecule has 1 aliphatic rings. The molecule has 3 N–H and O–H groups in total. The van der Waals surface area contributed by atoms with E-state index in [2.05, 4.69) is 20.6 Å². The molecule has 3 aromatic carbocycles. The first-order valence-corrected chi connectivity index (χ1v) is 13.1. The van der Waals surface area contributed by atoms with Gasteiger partial charge in [-0.1, -0.05) is 35.9 Å². The summed E-state index contributed by atoms with van der Waals surface area (Å²) < 4.78 is 11.7. The lowest BCUT2D eigenvalue weighted by molar-refractivity contribution is 0.0697. The van der Waals surface area contributed by atoms with Crippen LogP contribution in [0.5, 0.6) is 11.5 Å². The van der Waals surface area contributed by atoms with Crippen LogP contribution in [0.4, 0.5) is 10.5 Å². The molecule has 204 valence electrons. The van der Waals surface area contributed by atoms with Crippen LogP contribution in [0, 0.1) is 5.92 Å². The summed E-state index contributed by atoms with van der Waals surface area (Å²) in [6.45, 7) is 1.10. The highest BCUT2D eigenvalue weighted by Gasteiger charge is 2.22. The molecular formula is C30H27ClN4O5. The number of carbonyl (C=O) groups excluding carboxylic acids is 1. The van der Waals surface area contributed by atoms with E-state index >= 15 is 0 Å². The molecule has 9 nitrogen and oxygen atoms in total. The molecule has 10 heteroatoms. The standard InChI is InChI=1S/C30H27ClN4O5/c31-23-5-1-3-20(11-23)17-39-24-6-2-4-22(12-24)28-32-15-21(16-33-28)18-40-25-9-10-27(26(13-25)29(36)37)35-30(38)34-14-19-7-8-19/h1-6,9-13,15-16,19H,7-8,14,17-18H2,(H,36,37)(H2,34,35,38). The zero-order valence-electron chi connectivity index (χ0n) is 21.5. The van der Waals surface area contributed by atoms with Gasteiger partial charge in [-0.2, -0.15) is 0 Å². The average Bonchev–Trinajstić information content (AvgIpc) is 3.80. The highest BCUT2D eigenvalue weighted by atomic mass is 35.5. The second kappa shape index (κ2) is 12.5. The number of carboxylic acid groups (broad SMARTS) is 1. The highest BCUT2D eigenvalue weighted by molar-refractivity contribution is 6.30. The Labute approximate surface area is 236 Å². The van der Waals surface area contributed by atoms with E-state index < -0.39 is 12.0 Å². The van der Waals surface area contributed by atoms with Gasteiger partial charge in [-0.05, 0) is 66.8 Å². The van der Waals surface area contributed by atoms with Crippen molar-refractivity contribution in [1.29, 1.82) is 0 Å². The molecule has 0 bridgehead atoms. The van der Waals surface area contributed by atoms with E-state index in [1.54, 1.807) is 18.5 Å². The third kappa shape index (κ3) is 7.48. The Hall–Kier alpha value is -4.63. The van der Waals surface area contributed by atoms with Gasteiger partial charge >= 0.3 is 12.0 Å². The quantitative estimate of drug-likeness (QED) is 0.201. The van der Waals surface area contributed by atoms with Crippen molar-refractivity contribution in [2.24, 2.45) is 5.92 Å². The Bertz CT molecular complexity index is 1510. The van der Waals surface area contributed by atoms with Crippen molar-refractivity contribution in [3.05, 3.63) is 101 Å². The first-order chi connectivity index (χ1) is 19.4. The van der Waals surface area contributed by atoms with Crippen LogP contribution < -0.4 is 20.1 Å². The van der Waals surface area contributed by atoms with E-state index in [1.165, 1.54) is 12.1 Å². The number of aromatic nitrogens is 2. The number of nitrogens with zero attached hydrogens (tertiary/aromatic N) is 2. The van der Waals surface area contributed by atoms with E-state index in [0.29, 0.717) is 47.0 Å². The second-order valence-corrected chi connectivity index (χ2v) is 9.88. The summed E-state index contributed by atoms with van der Waals surface area (Å²) in [7, 11) is 0. The number of urea groups is 1. The number of nitrogens with one attached hydrogen (secondary N) is 2. The van der Waals surface area contributed by atoms with E-state index in [0.717, 1.165) is 24.0 Å². The van der Waals surface area contributed by atoms with Gasteiger partial charge in [-0.3, -0.25) is 0 Å². The molecule has 1 aromatic heterocycles. The maximum atomic E-state index is 12.1. The normalized spacial score (nSPS) is 12.4. The molecule has 5 rings (SSSR count). The fourth-order valence-electron chi connectivity index (χ4n) is 3.89. The van der Waals surface area contributed by atoms with Crippen molar-refractivity contribution < 1.29 is 24.2 Å². The number of rotatable bonds is 11. The number of aromatic carboxylic acids is 1. The van der Waals surface area contributed by atoms with Crippen molar-refractivity contribution in [2.45, 2.75) is 26.1 Å². The Balaban J connectivity index is 1.18. The molecule has 0 radical (unpaired) electrons. The SMILES string of the molecule is O=C(NCC1CC1)Nc1ccc(OCc2cnc(-c3cccc(OCc4cccc(Cl)c4)c3)nc2)cc1C(=O)O. The molecule has 0 saturated heterocycles. The van der Waals surface area contributed by atoms with Gasteiger partial charge in [-0.25, -0.2) is 19.6 Å². The number of ether oxygens (including phenoxy) is 2. The van der Waals surface area contributed by atoms with E-state index in [1.807, 2.05) is 48.5 Å². The fraction of sp³-hybridized carbons (Fsp3) is 0.200. The van der Waals surface area contributed by atoms with Gasteiger partial charge in [0.1, 0.15) is 24.7 Å². The lowest BCUT2D eigenvalue weighted by Crippen LogP contribution is -2.31. The van der Waals surface area contributed by atoms with Crippen LogP contribution in [0.3, 0.4) is 0 Å². The zero-order valence-corrected chi connectivity index (χ0v) is 22.2. The summed E-state index contributed by atoms with van der Waals surface area (Å²) in [4.78, 5) is 32.8. The molecule has 1 heterocycles. The van der Waals surface area contributed by atoms with Crippen molar-refractivity contribution in [2.75, 3.05) is 11.9 Å². The molecule has 0 aliphatic heterocycles. The minimum Gasteiger partial charge on any atom is -0.489 e. The minimum atomic E-state index is -1.17. The molecule has 2 amide bonds. The fourth-order valence-corrected chi connectivity index (χ4v) is 4.10. The molecular weight excluding hydrogens is 532 g/mol.